The molecule has 21 heavy (non-hydrogen) atoms. The van der Waals surface area contributed by atoms with Crippen LogP contribution in [0.3, 0.4) is 0 Å². The van der Waals surface area contributed by atoms with Gasteiger partial charge in [0.2, 0.25) is 0 Å². The van der Waals surface area contributed by atoms with Crippen LogP contribution in [-0.2, 0) is 0 Å². The van der Waals surface area contributed by atoms with E-state index >= 15 is 0 Å². The van der Waals surface area contributed by atoms with Crippen molar-refractivity contribution in [1.29, 1.82) is 0 Å². The van der Waals surface area contributed by atoms with Crippen molar-refractivity contribution in [2.45, 2.75) is 51.5 Å². The number of rotatable bonds is 3. The van der Waals surface area contributed by atoms with E-state index in [0.29, 0.717) is 0 Å². The Hall–Kier alpha value is -0.120. The lowest BCUT2D eigenvalue weighted by Gasteiger charge is -2.43. The summed E-state index contributed by atoms with van der Waals surface area (Å²) in [7, 11) is 2.26. The number of hydrogen-bond acceptors (Lipinski definition) is 3. The molecule has 3 rings (SSSR count). The van der Waals surface area contributed by atoms with Crippen LogP contribution in [0.15, 0.2) is 0 Å². The van der Waals surface area contributed by atoms with Gasteiger partial charge in [0.15, 0.2) is 0 Å². The minimum Gasteiger partial charge on any atom is -0.306 e. The van der Waals surface area contributed by atoms with Crippen molar-refractivity contribution in [3.63, 3.8) is 0 Å². The molecule has 0 amide bonds. The molecule has 3 heteroatoms. The molecule has 0 aromatic carbocycles. The van der Waals surface area contributed by atoms with E-state index in [2.05, 4.69) is 28.7 Å². The summed E-state index contributed by atoms with van der Waals surface area (Å²) in [6, 6.07) is 0.874. The molecule has 1 saturated carbocycles. The lowest BCUT2D eigenvalue weighted by Crippen LogP contribution is -2.53. The highest BCUT2D eigenvalue weighted by atomic mass is 15.3. The van der Waals surface area contributed by atoms with Crippen molar-refractivity contribution in [3.8, 4) is 0 Å². The number of nitrogens with zero attached hydrogens (tertiary/aromatic N) is 3. The van der Waals surface area contributed by atoms with Crippen LogP contribution in [0.1, 0.15) is 45.4 Å². The average Bonchev–Trinajstić information content (AvgIpc) is 2.51. The summed E-state index contributed by atoms with van der Waals surface area (Å²) in [6.45, 7) is 11.7. The molecule has 2 aliphatic heterocycles. The van der Waals surface area contributed by atoms with Gasteiger partial charge >= 0.3 is 0 Å². The van der Waals surface area contributed by atoms with Gasteiger partial charge in [0.1, 0.15) is 0 Å². The molecule has 0 aromatic rings. The summed E-state index contributed by atoms with van der Waals surface area (Å²) < 4.78 is 0. The molecular formula is C18H35N3. The summed E-state index contributed by atoms with van der Waals surface area (Å²) in [5.74, 6) is 1.98. The second-order valence-corrected chi connectivity index (χ2v) is 8.00. The van der Waals surface area contributed by atoms with E-state index in [0.717, 1.165) is 17.9 Å². The molecule has 0 aromatic heterocycles. The normalized spacial score (nSPS) is 35.1. The second-order valence-electron chi connectivity index (χ2n) is 8.00. The van der Waals surface area contributed by atoms with Gasteiger partial charge in [0.05, 0.1) is 0 Å². The van der Waals surface area contributed by atoms with Crippen LogP contribution in [0.4, 0.5) is 0 Å². The summed E-state index contributed by atoms with van der Waals surface area (Å²) in [5, 5.41) is 0. The standard InChI is InChI=1S/C18H35N3/c1-16-3-5-17(6-4-16)15-20-11-13-21(14-12-20)18-7-9-19(2)10-8-18/h16-18H,3-15H2,1-2H3. The predicted molar refractivity (Wildman–Crippen MR) is 89.7 cm³/mol. The Labute approximate surface area is 131 Å². The minimum atomic E-state index is 0.874. The van der Waals surface area contributed by atoms with Gasteiger partial charge in [0, 0.05) is 38.8 Å². The lowest BCUT2D eigenvalue weighted by atomic mass is 9.83. The Morgan fingerprint density at radius 1 is 0.762 bits per heavy atom. The second kappa shape index (κ2) is 7.43. The van der Waals surface area contributed by atoms with Crippen LogP contribution in [-0.4, -0.2) is 73.6 Å². The Kier molecular flexibility index (Phi) is 5.58. The highest BCUT2D eigenvalue weighted by Gasteiger charge is 2.28. The molecule has 0 spiro atoms. The zero-order chi connectivity index (χ0) is 14.7. The molecule has 0 unspecified atom stereocenters. The molecule has 122 valence electrons. The topological polar surface area (TPSA) is 9.72 Å². The SMILES string of the molecule is CC1CCC(CN2CCN(C3CCN(C)CC3)CC2)CC1. The highest BCUT2D eigenvalue weighted by Crippen LogP contribution is 2.29. The van der Waals surface area contributed by atoms with Crippen molar-refractivity contribution in [2.24, 2.45) is 11.8 Å². The molecule has 0 atom stereocenters. The first-order valence-corrected chi connectivity index (χ1v) is 9.35. The fraction of sp³-hybridized carbons (Fsp3) is 1.00. The monoisotopic (exact) mass is 293 g/mol. The highest BCUT2D eigenvalue weighted by molar-refractivity contribution is 4.83. The summed E-state index contributed by atoms with van der Waals surface area (Å²) in [4.78, 5) is 8.02. The van der Waals surface area contributed by atoms with Crippen molar-refractivity contribution in [3.05, 3.63) is 0 Å². The molecule has 2 saturated heterocycles. The first kappa shape index (κ1) is 15.8. The molecule has 0 N–H and O–H groups in total. The predicted octanol–water partition coefficient (Wildman–Crippen LogP) is 2.52. The Bertz CT molecular complexity index is 296. The fourth-order valence-corrected chi connectivity index (χ4v) is 4.55. The summed E-state index contributed by atoms with van der Waals surface area (Å²) >= 11 is 0. The average molecular weight is 293 g/mol. The van der Waals surface area contributed by atoms with Crippen molar-refractivity contribution in [1.82, 2.24) is 14.7 Å². The zero-order valence-corrected chi connectivity index (χ0v) is 14.3. The maximum atomic E-state index is 2.78. The number of likely N-dealkylation sites (tertiary alicyclic amines) is 1. The van der Waals surface area contributed by atoms with Gasteiger partial charge in [-0.3, -0.25) is 4.90 Å². The van der Waals surface area contributed by atoms with Crippen LogP contribution in [0, 0.1) is 11.8 Å². The molecule has 0 radical (unpaired) electrons. The fourth-order valence-electron chi connectivity index (χ4n) is 4.55. The third kappa shape index (κ3) is 4.43. The van der Waals surface area contributed by atoms with Crippen LogP contribution in [0.2, 0.25) is 0 Å². The van der Waals surface area contributed by atoms with E-state index in [4.69, 9.17) is 0 Å². The smallest absolute Gasteiger partial charge is 0.0121 e. The minimum absolute atomic E-state index is 0.874. The molecule has 3 fully saturated rings. The van der Waals surface area contributed by atoms with E-state index < -0.39 is 0 Å². The maximum Gasteiger partial charge on any atom is 0.0121 e. The Morgan fingerprint density at radius 2 is 1.38 bits per heavy atom. The molecule has 2 heterocycles. The van der Waals surface area contributed by atoms with Gasteiger partial charge in [-0.2, -0.15) is 0 Å². The zero-order valence-electron chi connectivity index (χ0n) is 14.3. The van der Waals surface area contributed by atoms with Gasteiger partial charge in [-0.05, 0) is 57.7 Å². The van der Waals surface area contributed by atoms with E-state index in [-0.39, 0.29) is 0 Å². The lowest BCUT2D eigenvalue weighted by molar-refractivity contribution is 0.0542. The molecular weight excluding hydrogens is 258 g/mol. The van der Waals surface area contributed by atoms with Crippen LogP contribution in [0.25, 0.3) is 0 Å². The summed E-state index contributed by atoms with van der Waals surface area (Å²) in [6.07, 6.45) is 8.68. The van der Waals surface area contributed by atoms with Crippen LogP contribution < -0.4 is 0 Å². The molecule has 1 aliphatic carbocycles. The number of piperidine rings is 1. The molecule has 3 aliphatic rings. The van der Waals surface area contributed by atoms with E-state index in [9.17, 15) is 0 Å². The van der Waals surface area contributed by atoms with Gasteiger partial charge in [-0.15, -0.1) is 0 Å². The first-order chi connectivity index (χ1) is 10.2. The van der Waals surface area contributed by atoms with Gasteiger partial charge < -0.3 is 9.80 Å². The Morgan fingerprint density at radius 3 is 2.00 bits per heavy atom. The van der Waals surface area contributed by atoms with Crippen LogP contribution >= 0.6 is 0 Å². The van der Waals surface area contributed by atoms with E-state index in [1.54, 1.807) is 0 Å². The quantitative estimate of drug-likeness (QED) is 0.792. The van der Waals surface area contributed by atoms with Crippen molar-refractivity contribution in [2.75, 3.05) is 52.9 Å². The third-order valence-electron chi connectivity index (χ3n) is 6.26. The maximum absolute atomic E-state index is 2.78. The number of piperazine rings is 1. The molecule has 0 bridgehead atoms. The van der Waals surface area contributed by atoms with Gasteiger partial charge in [0.25, 0.3) is 0 Å². The van der Waals surface area contributed by atoms with E-state index in [1.165, 1.54) is 84.3 Å². The summed E-state index contributed by atoms with van der Waals surface area (Å²) in [5.41, 5.74) is 0. The third-order valence-corrected chi connectivity index (χ3v) is 6.26. The molecule has 3 nitrogen and oxygen atoms in total. The first-order valence-electron chi connectivity index (χ1n) is 9.35. The van der Waals surface area contributed by atoms with Gasteiger partial charge in [-0.25, -0.2) is 0 Å². The number of hydrogen-bond donors (Lipinski definition) is 0. The Balaban J connectivity index is 1.37. The largest absolute Gasteiger partial charge is 0.306 e. The van der Waals surface area contributed by atoms with E-state index in [1.807, 2.05) is 0 Å². The van der Waals surface area contributed by atoms with Crippen molar-refractivity contribution < 1.29 is 0 Å². The van der Waals surface area contributed by atoms with Gasteiger partial charge in [-0.1, -0.05) is 19.8 Å². The van der Waals surface area contributed by atoms with Crippen molar-refractivity contribution >= 4 is 0 Å². The van der Waals surface area contributed by atoms with Crippen LogP contribution in [0.5, 0.6) is 0 Å².